The van der Waals surface area contributed by atoms with Crippen LogP contribution < -0.4 is 11.2 Å². The van der Waals surface area contributed by atoms with Crippen LogP contribution in [0.1, 0.15) is 79.5 Å². The number of pyridine rings is 2. The van der Waals surface area contributed by atoms with Gasteiger partial charge in [0.2, 0.25) is 6.10 Å². The molecule has 0 spiro atoms. The van der Waals surface area contributed by atoms with Crippen molar-refractivity contribution in [1.82, 2.24) is 34.1 Å². The number of aromatic nitrogens is 5. The smallest absolute Gasteiger partial charge is 0.410 e. The molecule has 1 atom stereocenters. The largest absolute Gasteiger partial charge is 0.508 e. The summed E-state index contributed by atoms with van der Waals surface area (Å²) in [5.41, 5.74) is 6.22. The Kier molecular flexibility index (Phi) is 11.7. The maximum Gasteiger partial charge on any atom is 0.410 e. The van der Waals surface area contributed by atoms with Gasteiger partial charge < -0.3 is 38.7 Å². The highest BCUT2D eigenvalue weighted by Gasteiger charge is 2.39. The molecule has 3 aliphatic heterocycles. The number of nitrogens with zero attached hydrogens (tertiary/aromatic N) is 7. The number of piperazine rings is 1. The summed E-state index contributed by atoms with van der Waals surface area (Å²) < 4.78 is 15.1. The SMILES string of the molecule is CCc1c2c(nc3ccc(O)cc13)-c1cc3c(c(=O)n1C2)COC(=O)[C@H]3OC(=O)N(C)CCCN1CC[N+](CC)(Cc2ccc(-n3c(-c4cc(C(C)C)c(O)cc4O)n[nH]c3=O)cc2)CC1. The lowest BCUT2D eigenvalue weighted by Gasteiger charge is -2.44. The van der Waals surface area contributed by atoms with Gasteiger partial charge in [-0.15, -0.1) is 0 Å². The standard InChI is InChI=1S/C49H54N8O9/c1-6-32-34-21-31(58)13-14-39(34)50-43-37(32)25-55-40(43)23-35-38(46(55)61)27-65-47(62)44(35)66-49(64)53(5)15-8-16-54-17-19-57(7-2,20-18-54)26-29-9-11-30(12-10-29)56-45(51-52-48(56)63)36-22-33(28(3)4)41(59)24-42(36)60/h9-14,21-24,28,44H,6-8,15-20,25-27H2,1-5H3,(H3-,50,51,52,58,59,60,61,63)/p+1/t44-/m0/s1. The minimum Gasteiger partial charge on any atom is -0.508 e. The van der Waals surface area contributed by atoms with Crippen molar-refractivity contribution in [2.75, 3.05) is 52.9 Å². The number of likely N-dealkylation sites (N-methyl/N-ethyl adjacent to an activating group) is 1. The highest BCUT2D eigenvalue weighted by Crippen LogP contribution is 2.40. The van der Waals surface area contributed by atoms with Crippen molar-refractivity contribution in [3.05, 3.63) is 115 Å². The van der Waals surface area contributed by atoms with Crippen LogP contribution >= 0.6 is 0 Å². The molecule has 0 unspecified atom stereocenters. The van der Waals surface area contributed by atoms with Gasteiger partial charge in [-0.3, -0.25) is 9.69 Å². The number of carbonyl (C=O) groups excluding carboxylic acids is 2. The van der Waals surface area contributed by atoms with Gasteiger partial charge in [0.05, 0.1) is 59.9 Å². The lowest BCUT2D eigenvalue weighted by Crippen LogP contribution is -2.59. The fraction of sp³-hybridized carbons (Fsp3) is 0.388. The first-order valence-corrected chi connectivity index (χ1v) is 22.6. The van der Waals surface area contributed by atoms with Gasteiger partial charge >= 0.3 is 17.8 Å². The van der Waals surface area contributed by atoms with Crippen LogP contribution in [-0.2, 0) is 40.4 Å². The van der Waals surface area contributed by atoms with Crippen LogP contribution in [0.5, 0.6) is 17.2 Å². The minimum absolute atomic E-state index is 0.0138. The van der Waals surface area contributed by atoms with Crippen molar-refractivity contribution >= 4 is 23.0 Å². The van der Waals surface area contributed by atoms with E-state index in [0.717, 1.165) is 72.4 Å². The Labute approximate surface area is 380 Å². The molecule has 6 aromatic rings. The average molecular weight is 900 g/mol. The molecule has 0 radical (unpaired) electrons. The number of nitrogens with one attached hydrogen (secondary N) is 1. The van der Waals surface area contributed by atoms with Crippen LogP contribution in [0, 0.1) is 0 Å². The highest BCUT2D eigenvalue weighted by atomic mass is 16.6. The van der Waals surface area contributed by atoms with Crippen LogP contribution in [-0.4, -0.2) is 119 Å². The molecular weight excluding hydrogens is 845 g/mol. The summed E-state index contributed by atoms with van der Waals surface area (Å²) in [5.74, 6) is -0.564. The molecule has 17 heteroatoms. The summed E-state index contributed by atoms with van der Waals surface area (Å²) in [5, 5.41) is 38.8. The van der Waals surface area contributed by atoms with E-state index >= 15 is 0 Å². The molecule has 4 N–H and O–H groups in total. The summed E-state index contributed by atoms with van der Waals surface area (Å²) in [4.78, 5) is 62.3. The Bertz CT molecular complexity index is 3000. The Morgan fingerprint density at radius 2 is 1.74 bits per heavy atom. The van der Waals surface area contributed by atoms with Gasteiger partial charge in [0.15, 0.2) is 5.82 Å². The summed E-state index contributed by atoms with van der Waals surface area (Å²) in [6.07, 6.45) is -0.754. The van der Waals surface area contributed by atoms with Gasteiger partial charge in [-0.1, -0.05) is 32.9 Å². The molecule has 1 saturated heterocycles. The molecule has 66 heavy (non-hydrogen) atoms. The number of H-pyrrole nitrogens is 1. The van der Waals surface area contributed by atoms with Crippen molar-refractivity contribution in [3.8, 4) is 45.7 Å². The van der Waals surface area contributed by atoms with E-state index in [-0.39, 0.29) is 46.7 Å². The maximum absolute atomic E-state index is 13.9. The molecule has 6 heterocycles. The van der Waals surface area contributed by atoms with E-state index in [1.807, 2.05) is 45.0 Å². The van der Waals surface area contributed by atoms with Crippen molar-refractivity contribution in [2.24, 2.45) is 0 Å². The molecule has 3 aromatic heterocycles. The molecule has 1 amide bonds. The number of carbonyl (C=O) groups is 2. The predicted molar refractivity (Wildman–Crippen MR) is 246 cm³/mol. The molecule has 1 fully saturated rings. The summed E-state index contributed by atoms with van der Waals surface area (Å²) in [6, 6.07) is 17.5. The topological polar surface area (TPSA) is 205 Å². The van der Waals surface area contributed by atoms with Gasteiger partial charge in [0, 0.05) is 61.4 Å². The van der Waals surface area contributed by atoms with Gasteiger partial charge in [-0.25, -0.2) is 29.0 Å². The monoisotopic (exact) mass is 899 g/mol. The number of benzene rings is 3. The number of ether oxygens (including phenoxy) is 2. The lowest BCUT2D eigenvalue weighted by molar-refractivity contribution is -0.943. The van der Waals surface area contributed by atoms with Crippen LogP contribution in [0.4, 0.5) is 4.79 Å². The van der Waals surface area contributed by atoms with Crippen molar-refractivity contribution in [2.45, 2.75) is 72.3 Å². The number of aromatic hydroxyl groups is 3. The van der Waals surface area contributed by atoms with Gasteiger partial charge in [-0.2, -0.15) is 5.10 Å². The molecule has 0 aliphatic carbocycles. The van der Waals surface area contributed by atoms with Crippen LogP contribution in [0.2, 0.25) is 0 Å². The number of esters is 1. The van der Waals surface area contributed by atoms with Gasteiger partial charge in [-0.05, 0) is 79.3 Å². The van der Waals surface area contributed by atoms with E-state index in [4.69, 9.17) is 14.5 Å². The second-order valence-electron chi connectivity index (χ2n) is 18.0. The first-order valence-electron chi connectivity index (χ1n) is 22.6. The van der Waals surface area contributed by atoms with Crippen molar-refractivity contribution in [3.63, 3.8) is 0 Å². The summed E-state index contributed by atoms with van der Waals surface area (Å²) in [6.45, 7) is 14.7. The molecule has 344 valence electrons. The Morgan fingerprint density at radius 3 is 2.45 bits per heavy atom. The van der Waals surface area contributed by atoms with Crippen molar-refractivity contribution < 1.29 is 38.9 Å². The normalized spacial score (nSPS) is 16.5. The van der Waals surface area contributed by atoms with E-state index in [9.17, 15) is 34.5 Å². The molecule has 3 aliphatic rings. The summed E-state index contributed by atoms with van der Waals surface area (Å²) in [7, 11) is 1.63. The second-order valence-corrected chi connectivity index (χ2v) is 18.0. The van der Waals surface area contributed by atoms with E-state index in [1.165, 1.54) is 15.5 Å². The molecule has 17 nitrogen and oxygen atoms in total. The third-order valence-corrected chi connectivity index (χ3v) is 13.7. The maximum atomic E-state index is 13.9. The first kappa shape index (κ1) is 44.2. The zero-order valence-corrected chi connectivity index (χ0v) is 37.8. The van der Waals surface area contributed by atoms with Crippen molar-refractivity contribution in [1.29, 1.82) is 0 Å². The van der Waals surface area contributed by atoms with E-state index in [2.05, 4.69) is 22.0 Å². The lowest BCUT2D eigenvalue weighted by atomic mass is 9.97. The summed E-state index contributed by atoms with van der Waals surface area (Å²) >= 11 is 0. The van der Waals surface area contributed by atoms with E-state index < -0.39 is 23.9 Å². The number of cyclic esters (lactones) is 1. The number of hydrogen-bond acceptors (Lipinski definition) is 12. The van der Waals surface area contributed by atoms with Crippen LogP contribution in [0.3, 0.4) is 0 Å². The Hall–Kier alpha value is -6.98. The average Bonchev–Trinajstić information content (AvgIpc) is 3.87. The van der Waals surface area contributed by atoms with Gasteiger partial charge in [0.1, 0.15) is 30.4 Å². The minimum atomic E-state index is -1.41. The third-order valence-electron chi connectivity index (χ3n) is 13.7. The third kappa shape index (κ3) is 7.95. The predicted octanol–water partition coefficient (Wildman–Crippen LogP) is 5.68. The van der Waals surface area contributed by atoms with Crippen LogP contribution in [0.15, 0.2) is 70.3 Å². The molecule has 0 bridgehead atoms. The molecule has 9 rings (SSSR count). The van der Waals surface area contributed by atoms with E-state index in [1.54, 1.807) is 41.9 Å². The molecule has 3 aromatic carbocycles. The first-order chi connectivity index (χ1) is 31.7. The fourth-order valence-electron chi connectivity index (χ4n) is 9.84. The van der Waals surface area contributed by atoms with Crippen LogP contribution in [0.25, 0.3) is 39.4 Å². The molecular formula is C49H55N8O9+. The number of fused-ring (bicyclic) bond motifs is 5. The number of aryl methyl sites for hydroxylation is 1. The number of phenols is 3. The van der Waals surface area contributed by atoms with Gasteiger partial charge in [0.25, 0.3) is 5.56 Å². The fourth-order valence-corrected chi connectivity index (χ4v) is 9.84. The highest BCUT2D eigenvalue weighted by molar-refractivity contribution is 5.89. The Morgan fingerprint density at radius 1 is 0.985 bits per heavy atom. The number of aromatic amines is 1. The number of rotatable bonds is 12. The quantitative estimate of drug-likeness (QED) is 0.0865. The van der Waals surface area contributed by atoms with E-state index in [0.29, 0.717) is 65.2 Å². The number of hydrogen-bond donors (Lipinski definition) is 4. The Balaban J connectivity index is 0.808. The number of quaternary nitrogens is 1. The zero-order chi connectivity index (χ0) is 46.6. The second kappa shape index (κ2) is 17.4. The zero-order valence-electron chi connectivity index (χ0n) is 37.8. The number of amides is 1. The molecule has 0 saturated carbocycles. The number of phenolic OH excluding ortho intramolecular Hbond substituents is 3.